The summed E-state index contributed by atoms with van der Waals surface area (Å²) < 4.78 is 15.2. The topological polar surface area (TPSA) is 53.2 Å². The van der Waals surface area contributed by atoms with Crippen molar-refractivity contribution in [2.75, 3.05) is 10.8 Å². The zero-order valence-electron chi connectivity index (χ0n) is 13.9. The SMILES string of the molecule is C=C(C)c1cccc2c1CCN2S(=O)c1cccc2c(=O)[nH]ccc12. The summed E-state index contributed by atoms with van der Waals surface area (Å²) in [6.07, 6.45) is 2.44. The Labute approximate surface area is 148 Å². The molecular weight excluding hydrogens is 332 g/mol. The largest absolute Gasteiger partial charge is 0.329 e. The molecule has 0 spiro atoms. The second-order valence-corrected chi connectivity index (χ2v) is 7.59. The van der Waals surface area contributed by atoms with Crippen molar-refractivity contribution in [2.24, 2.45) is 0 Å². The van der Waals surface area contributed by atoms with Crippen LogP contribution < -0.4 is 9.86 Å². The van der Waals surface area contributed by atoms with Crippen LogP contribution in [0.4, 0.5) is 5.69 Å². The molecule has 1 aliphatic heterocycles. The molecule has 0 amide bonds. The van der Waals surface area contributed by atoms with Crippen LogP contribution in [0.3, 0.4) is 0 Å². The Morgan fingerprint density at radius 2 is 1.96 bits per heavy atom. The second kappa shape index (κ2) is 6.01. The van der Waals surface area contributed by atoms with E-state index >= 15 is 0 Å². The van der Waals surface area contributed by atoms with Crippen molar-refractivity contribution < 1.29 is 4.21 Å². The Bertz CT molecular complexity index is 1080. The molecule has 2 heterocycles. The zero-order valence-corrected chi connectivity index (χ0v) is 14.7. The van der Waals surface area contributed by atoms with E-state index in [-0.39, 0.29) is 5.56 Å². The summed E-state index contributed by atoms with van der Waals surface area (Å²) in [6, 6.07) is 13.2. The highest BCUT2D eigenvalue weighted by Gasteiger charge is 2.27. The molecule has 3 aromatic rings. The first kappa shape index (κ1) is 15.8. The number of hydrogen-bond donors (Lipinski definition) is 1. The fourth-order valence-corrected chi connectivity index (χ4v) is 4.85. The highest BCUT2D eigenvalue weighted by molar-refractivity contribution is 7.86. The number of aromatic nitrogens is 1. The van der Waals surface area contributed by atoms with E-state index in [0.717, 1.165) is 28.6 Å². The van der Waals surface area contributed by atoms with Crippen LogP contribution in [0.5, 0.6) is 0 Å². The minimum Gasteiger partial charge on any atom is -0.329 e. The van der Waals surface area contributed by atoms with Gasteiger partial charge in [0, 0.05) is 23.5 Å². The predicted molar refractivity (Wildman–Crippen MR) is 103 cm³/mol. The summed E-state index contributed by atoms with van der Waals surface area (Å²) in [4.78, 5) is 15.3. The van der Waals surface area contributed by atoms with Gasteiger partial charge in [-0.15, -0.1) is 0 Å². The number of H-pyrrole nitrogens is 1. The lowest BCUT2D eigenvalue weighted by Crippen LogP contribution is -2.23. The summed E-state index contributed by atoms with van der Waals surface area (Å²) >= 11 is 0. The minimum atomic E-state index is -1.37. The first-order valence-corrected chi connectivity index (χ1v) is 9.26. The van der Waals surface area contributed by atoms with Crippen molar-refractivity contribution in [2.45, 2.75) is 18.2 Å². The van der Waals surface area contributed by atoms with Gasteiger partial charge in [0.1, 0.15) is 0 Å². The van der Waals surface area contributed by atoms with Gasteiger partial charge in [0.2, 0.25) is 0 Å². The van der Waals surface area contributed by atoms with E-state index in [1.807, 2.05) is 35.5 Å². The maximum Gasteiger partial charge on any atom is 0.255 e. The lowest BCUT2D eigenvalue weighted by molar-refractivity contribution is 0.681. The summed E-state index contributed by atoms with van der Waals surface area (Å²) in [5.74, 6) is 0. The average molecular weight is 350 g/mol. The molecule has 2 aromatic carbocycles. The molecule has 4 nitrogen and oxygen atoms in total. The van der Waals surface area contributed by atoms with Crippen molar-refractivity contribution >= 4 is 33.0 Å². The van der Waals surface area contributed by atoms with Gasteiger partial charge in [0.25, 0.3) is 5.56 Å². The van der Waals surface area contributed by atoms with Gasteiger partial charge in [-0.05, 0) is 48.7 Å². The van der Waals surface area contributed by atoms with Crippen molar-refractivity contribution in [3.63, 3.8) is 0 Å². The monoisotopic (exact) mass is 350 g/mol. The van der Waals surface area contributed by atoms with E-state index < -0.39 is 11.0 Å². The molecule has 1 atom stereocenters. The Morgan fingerprint density at radius 3 is 2.76 bits per heavy atom. The van der Waals surface area contributed by atoms with Gasteiger partial charge < -0.3 is 4.98 Å². The first-order chi connectivity index (χ1) is 12.1. The Morgan fingerprint density at radius 1 is 1.16 bits per heavy atom. The van der Waals surface area contributed by atoms with Crippen LogP contribution >= 0.6 is 0 Å². The number of rotatable bonds is 3. The normalized spacial score (nSPS) is 14.5. The summed E-state index contributed by atoms with van der Waals surface area (Å²) in [7, 11) is -1.37. The maximum atomic E-state index is 13.3. The maximum absolute atomic E-state index is 13.3. The van der Waals surface area contributed by atoms with Crippen LogP contribution in [0.2, 0.25) is 0 Å². The van der Waals surface area contributed by atoms with E-state index in [1.165, 1.54) is 5.56 Å². The molecule has 0 fully saturated rings. The number of aromatic amines is 1. The van der Waals surface area contributed by atoms with Gasteiger partial charge in [-0.25, -0.2) is 4.21 Å². The predicted octanol–water partition coefficient (Wildman–Crippen LogP) is 3.65. The van der Waals surface area contributed by atoms with Gasteiger partial charge >= 0.3 is 0 Å². The van der Waals surface area contributed by atoms with Gasteiger partial charge in [-0.2, -0.15) is 0 Å². The summed E-state index contributed by atoms with van der Waals surface area (Å²) in [5.41, 5.74) is 4.16. The van der Waals surface area contributed by atoms with Crippen molar-refractivity contribution in [1.82, 2.24) is 4.98 Å². The molecule has 1 aromatic heterocycles. The molecule has 126 valence electrons. The van der Waals surface area contributed by atoms with E-state index in [1.54, 1.807) is 18.3 Å². The summed E-state index contributed by atoms with van der Waals surface area (Å²) in [5, 5.41) is 1.29. The molecule has 0 saturated heterocycles. The Balaban J connectivity index is 1.83. The van der Waals surface area contributed by atoms with Crippen LogP contribution in [0, 0.1) is 0 Å². The van der Waals surface area contributed by atoms with E-state index in [0.29, 0.717) is 16.8 Å². The molecular formula is C20H18N2O2S. The van der Waals surface area contributed by atoms with Crippen LogP contribution in [0.25, 0.3) is 16.3 Å². The molecule has 0 radical (unpaired) electrons. The molecule has 1 unspecified atom stereocenters. The highest BCUT2D eigenvalue weighted by atomic mass is 32.2. The molecule has 25 heavy (non-hydrogen) atoms. The average Bonchev–Trinajstić information content (AvgIpc) is 3.05. The molecule has 4 rings (SSSR count). The fourth-order valence-electron chi connectivity index (χ4n) is 3.44. The third-order valence-electron chi connectivity index (χ3n) is 4.61. The number of nitrogens with one attached hydrogen (secondary N) is 1. The van der Waals surface area contributed by atoms with Crippen LogP contribution in [-0.2, 0) is 17.4 Å². The smallest absolute Gasteiger partial charge is 0.255 e. The molecule has 0 saturated carbocycles. The lowest BCUT2D eigenvalue weighted by atomic mass is 10.0. The van der Waals surface area contributed by atoms with E-state index in [4.69, 9.17) is 0 Å². The van der Waals surface area contributed by atoms with Gasteiger partial charge in [0.15, 0.2) is 11.0 Å². The Hall–Kier alpha value is -2.66. The number of allylic oxidation sites excluding steroid dienone is 1. The minimum absolute atomic E-state index is 0.164. The van der Waals surface area contributed by atoms with Crippen molar-refractivity contribution in [3.8, 4) is 0 Å². The summed E-state index contributed by atoms with van der Waals surface area (Å²) in [6.45, 7) is 6.73. The second-order valence-electron chi connectivity index (χ2n) is 6.21. The number of hydrogen-bond acceptors (Lipinski definition) is 2. The van der Waals surface area contributed by atoms with Crippen LogP contribution in [-0.4, -0.2) is 15.7 Å². The van der Waals surface area contributed by atoms with Crippen LogP contribution in [0.15, 0.2) is 64.9 Å². The highest BCUT2D eigenvalue weighted by Crippen LogP contribution is 2.36. The number of fused-ring (bicyclic) bond motifs is 2. The van der Waals surface area contributed by atoms with Crippen LogP contribution in [0.1, 0.15) is 18.1 Å². The fraction of sp³-hybridized carbons (Fsp3) is 0.150. The Kier molecular flexibility index (Phi) is 3.81. The van der Waals surface area contributed by atoms with Gasteiger partial charge in [-0.1, -0.05) is 30.4 Å². The number of anilines is 1. The van der Waals surface area contributed by atoms with Crippen molar-refractivity contribution in [1.29, 1.82) is 0 Å². The zero-order chi connectivity index (χ0) is 17.6. The number of pyridine rings is 1. The van der Waals surface area contributed by atoms with Gasteiger partial charge in [0.05, 0.1) is 10.6 Å². The van der Waals surface area contributed by atoms with E-state index in [2.05, 4.69) is 17.6 Å². The van der Waals surface area contributed by atoms with Crippen molar-refractivity contribution in [3.05, 3.63) is 76.7 Å². The molecule has 0 aliphatic carbocycles. The lowest BCUT2D eigenvalue weighted by Gasteiger charge is -2.19. The first-order valence-electron chi connectivity index (χ1n) is 8.15. The quantitative estimate of drug-likeness (QED) is 0.784. The molecule has 0 bridgehead atoms. The van der Waals surface area contributed by atoms with E-state index in [9.17, 15) is 9.00 Å². The number of benzene rings is 2. The van der Waals surface area contributed by atoms with Gasteiger partial charge in [-0.3, -0.25) is 9.10 Å². The third kappa shape index (κ3) is 2.51. The molecule has 1 N–H and O–H groups in total. The molecule has 5 heteroatoms. The number of nitrogens with zero attached hydrogens (tertiary/aromatic N) is 1. The third-order valence-corrected chi connectivity index (χ3v) is 6.12. The molecule has 1 aliphatic rings. The standard InChI is InChI=1S/C20H18N2O2S/c1-13(2)14-5-3-7-18-15(14)10-12-22(18)25(24)19-8-4-6-17-16(19)9-11-21-20(17)23/h3-9,11H,1,10,12H2,2H3,(H,21,23).